The number of nitrogens with zero attached hydrogens (tertiary/aromatic N) is 1. The molecule has 22 heavy (non-hydrogen) atoms. The third kappa shape index (κ3) is 15.8. The van der Waals surface area contributed by atoms with Crippen molar-refractivity contribution in [1.29, 1.82) is 0 Å². The molecule has 0 amide bonds. The molecule has 0 radical (unpaired) electrons. The molecule has 0 fully saturated rings. The van der Waals surface area contributed by atoms with Crippen molar-refractivity contribution in [2.24, 2.45) is 0 Å². The monoisotopic (exact) mass is 316 g/mol. The first-order valence-corrected chi connectivity index (χ1v) is 9.05. The van der Waals surface area contributed by atoms with E-state index in [1.807, 2.05) is 6.92 Å². The molecular formula is C18H38NO3+. The molecule has 2 N–H and O–H groups in total. The third-order valence-corrected chi connectivity index (χ3v) is 4.29. The third-order valence-electron chi connectivity index (χ3n) is 4.29. The van der Waals surface area contributed by atoms with Gasteiger partial charge in [0.25, 0.3) is 0 Å². The second-order valence-corrected chi connectivity index (χ2v) is 7.35. The van der Waals surface area contributed by atoms with Crippen molar-refractivity contribution in [1.82, 2.24) is 0 Å². The number of carboxylic acids is 1. The molecule has 0 aliphatic carbocycles. The van der Waals surface area contributed by atoms with Crippen LogP contribution in [0.5, 0.6) is 0 Å². The van der Waals surface area contributed by atoms with Crippen LogP contribution in [0.2, 0.25) is 0 Å². The van der Waals surface area contributed by atoms with Crippen LogP contribution in [-0.4, -0.2) is 54.0 Å². The lowest BCUT2D eigenvalue weighted by Crippen LogP contribution is -2.41. The lowest BCUT2D eigenvalue weighted by Gasteiger charge is -2.29. The van der Waals surface area contributed by atoms with E-state index < -0.39 is 5.97 Å². The Morgan fingerprint density at radius 3 is 1.82 bits per heavy atom. The first-order chi connectivity index (χ1) is 10.3. The minimum absolute atomic E-state index is 0.142. The number of carboxylic acid groups (broad SMARTS) is 1. The van der Waals surface area contributed by atoms with Crippen LogP contribution in [0, 0.1) is 0 Å². The van der Waals surface area contributed by atoms with E-state index >= 15 is 0 Å². The number of carbonyl (C=O) groups is 1. The molecule has 1 atom stereocenters. The summed E-state index contributed by atoms with van der Waals surface area (Å²) in [6, 6.07) is 0. The average Bonchev–Trinajstić information content (AvgIpc) is 2.39. The average molecular weight is 317 g/mol. The fourth-order valence-electron chi connectivity index (χ4n) is 2.81. The number of aliphatic carboxylic acids is 1. The number of aliphatic hydroxyl groups is 1. The highest BCUT2D eigenvalue weighted by Crippen LogP contribution is 2.12. The second-order valence-electron chi connectivity index (χ2n) is 7.35. The molecule has 0 aromatic carbocycles. The van der Waals surface area contributed by atoms with Crippen molar-refractivity contribution in [3.63, 3.8) is 0 Å². The largest absolute Gasteiger partial charge is 0.481 e. The minimum atomic E-state index is -0.687. The van der Waals surface area contributed by atoms with Crippen molar-refractivity contribution >= 4 is 5.97 Å². The van der Waals surface area contributed by atoms with Gasteiger partial charge in [-0.05, 0) is 26.2 Å². The van der Waals surface area contributed by atoms with Crippen LogP contribution < -0.4 is 0 Å². The summed E-state index contributed by atoms with van der Waals surface area (Å²) in [6.45, 7) is 3.96. The zero-order valence-electron chi connectivity index (χ0n) is 15.0. The lowest BCUT2D eigenvalue weighted by molar-refractivity contribution is -0.890. The summed E-state index contributed by atoms with van der Waals surface area (Å²) in [5.74, 6) is -0.687. The molecule has 4 heteroatoms. The van der Waals surface area contributed by atoms with Gasteiger partial charge in [-0.2, -0.15) is 0 Å². The van der Waals surface area contributed by atoms with Crippen LogP contribution in [0.25, 0.3) is 0 Å². The van der Waals surface area contributed by atoms with E-state index in [0.29, 0.717) is 0 Å². The van der Waals surface area contributed by atoms with Gasteiger partial charge in [0.05, 0.1) is 39.7 Å². The van der Waals surface area contributed by atoms with Gasteiger partial charge in [0, 0.05) is 6.42 Å². The fourth-order valence-corrected chi connectivity index (χ4v) is 2.81. The molecule has 0 aromatic rings. The summed E-state index contributed by atoms with van der Waals surface area (Å²) < 4.78 is 0.937. The summed E-state index contributed by atoms with van der Waals surface area (Å²) in [5, 5.41) is 17.8. The van der Waals surface area contributed by atoms with Crippen molar-refractivity contribution in [2.45, 2.75) is 83.7 Å². The Bertz CT molecular complexity index is 278. The highest BCUT2D eigenvalue weighted by molar-refractivity contribution is 5.66. The Balaban J connectivity index is 3.35. The zero-order chi connectivity index (χ0) is 16.8. The van der Waals surface area contributed by atoms with Gasteiger partial charge in [0.2, 0.25) is 0 Å². The fraction of sp³-hybridized carbons (Fsp3) is 0.944. The van der Waals surface area contributed by atoms with Crippen LogP contribution in [0.4, 0.5) is 0 Å². The van der Waals surface area contributed by atoms with Gasteiger partial charge >= 0.3 is 5.97 Å². The van der Waals surface area contributed by atoms with Gasteiger partial charge in [-0.15, -0.1) is 0 Å². The maximum Gasteiger partial charge on any atom is 0.303 e. The molecule has 4 nitrogen and oxygen atoms in total. The van der Waals surface area contributed by atoms with Crippen LogP contribution in [0.15, 0.2) is 0 Å². The standard InChI is InChI=1S/C18H37NO3/c1-17(20)13-10-8-6-4-5-7-9-11-15-19(2,3)16-12-14-18(21)22/h17,20H,4-16H2,1-3H3/p+1/t17-/m1/s1. The van der Waals surface area contributed by atoms with Crippen molar-refractivity contribution in [2.75, 3.05) is 27.2 Å². The number of unbranched alkanes of at least 4 members (excludes halogenated alkanes) is 7. The Kier molecular flexibility index (Phi) is 12.5. The summed E-state index contributed by atoms with van der Waals surface area (Å²) in [6.07, 6.45) is 12.0. The molecule has 0 aromatic heterocycles. The highest BCUT2D eigenvalue weighted by Gasteiger charge is 2.14. The molecule has 0 spiro atoms. The predicted octanol–water partition coefficient (Wildman–Crippen LogP) is 3.82. The number of quaternary nitrogens is 1. The molecule has 0 rings (SSSR count). The normalized spacial score (nSPS) is 13.3. The Morgan fingerprint density at radius 1 is 0.864 bits per heavy atom. The predicted molar refractivity (Wildman–Crippen MR) is 91.9 cm³/mol. The van der Waals surface area contributed by atoms with E-state index in [1.165, 1.54) is 44.9 Å². The molecule has 0 bridgehead atoms. The van der Waals surface area contributed by atoms with Gasteiger partial charge in [-0.3, -0.25) is 4.79 Å². The quantitative estimate of drug-likeness (QED) is 0.357. The smallest absolute Gasteiger partial charge is 0.303 e. The first kappa shape index (κ1) is 21.4. The maximum atomic E-state index is 10.5. The number of rotatable bonds is 15. The van der Waals surface area contributed by atoms with Gasteiger partial charge in [-0.1, -0.05) is 38.5 Å². The van der Waals surface area contributed by atoms with Crippen molar-refractivity contribution in [3.05, 3.63) is 0 Å². The first-order valence-electron chi connectivity index (χ1n) is 9.05. The molecule has 0 unspecified atom stereocenters. The van der Waals surface area contributed by atoms with Crippen LogP contribution in [0.3, 0.4) is 0 Å². The van der Waals surface area contributed by atoms with Crippen LogP contribution >= 0.6 is 0 Å². The summed E-state index contributed by atoms with van der Waals surface area (Å²) >= 11 is 0. The highest BCUT2D eigenvalue weighted by atomic mass is 16.4. The number of hydrogen-bond acceptors (Lipinski definition) is 2. The molecule has 0 saturated carbocycles. The van der Waals surface area contributed by atoms with E-state index in [4.69, 9.17) is 10.2 Å². The SMILES string of the molecule is C[C@@H](O)CCCCCCCCCC[N+](C)(C)CCCC(=O)O. The van der Waals surface area contributed by atoms with E-state index in [1.54, 1.807) is 0 Å². The molecular weight excluding hydrogens is 278 g/mol. The van der Waals surface area contributed by atoms with Crippen molar-refractivity contribution < 1.29 is 19.5 Å². The summed E-state index contributed by atoms with van der Waals surface area (Å²) in [7, 11) is 4.40. The molecule has 0 aliphatic heterocycles. The van der Waals surface area contributed by atoms with Gasteiger partial charge < -0.3 is 14.7 Å². The molecule has 0 aliphatic rings. The van der Waals surface area contributed by atoms with Crippen LogP contribution in [-0.2, 0) is 4.79 Å². The van der Waals surface area contributed by atoms with Crippen molar-refractivity contribution in [3.8, 4) is 0 Å². The summed E-state index contributed by atoms with van der Waals surface area (Å²) in [5.41, 5.74) is 0. The molecule has 0 saturated heterocycles. The van der Waals surface area contributed by atoms with Crippen LogP contribution in [0.1, 0.15) is 77.6 Å². The maximum absolute atomic E-state index is 10.5. The Labute approximate surface area is 137 Å². The molecule has 0 heterocycles. The zero-order valence-corrected chi connectivity index (χ0v) is 15.0. The van der Waals surface area contributed by atoms with Gasteiger partial charge in [-0.25, -0.2) is 0 Å². The van der Waals surface area contributed by atoms with E-state index in [0.717, 1.165) is 36.8 Å². The van der Waals surface area contributed by atoms with E-state index in [2.05, 4.69) is 14.1 Å². The number of aliphatic hydroxyl groups excluding tert-OH is 1. The van der Waals surface area contributed by atoms with Gasteiger partial charge in [0.1, 0.15) is 0 Å². The number of hydrogen-bond donors (Lipinski definition) is 2. The lowest BCUT2D eigenvalue weighted by atomic mass is 10.1. The second kappa shape index (κ2) is 12.9. The molecule has 132 valence electrons. The van der Waals surface area contributed by atoms with Gasteiger partial charge in [0.15, 0.2) is 0 Å². The Morgan fingerprint density at radius 2 is 1.32 bits per heavy atom. The Hall–Kier alpha value is -0.610. The topological polar surface area (TPSA) is 57.5 Å². The summed E-state index contributed by atoms with van der Waals surface area (Å²) in [4.78, 5) is 10.5. The minimum Gasteiger partial charge on any atom is -0.481 e. The van der Waals surface area contributed by atoms with E-state index in [9.17, 15) is 4.79 Å². The van der Waals surface area contributed by atoms with E-state index in [-0.39, 0.29) is 12.5 Å².